The van der Waals surface area contributed by atoms with E-state index in [0.717, 1.165) is 19.3 Å². The fourth-order valence-electron chi connectivity index (χ4n) is 2.65. The first-order valence-corrected chi connectivity index (χ1v) is 10.1. The second-order valence-corrected chi connectivity index (χ2v) is 7.09. The van der Waals surface area contributed by atoms with Crippen LogP contribution in [0.4, 0.5) is 4.79 Å². The fraction of sp³-hybridized carbons (Fsp3) is 0.947. The number of hydrogen-bond donors (Lipinski definition) is 5. The summed E-state index contributed by atoms with van der Waals surface area (Å²) < 4.78 is 5.29. The van der Waals surface area contributed by atoms with Crippen molar-refractivity contribution in [1.29, 1.82) is 0 Å². The molecule has 0 bridgehead atoms. The highest BCUT2D eigenvalue weighted by Crippen LogP contribution is 2.13. The molecule has 0 aliphatic rings. The van der Waals surface area contributed by atoms with Crippen molar-refractivity contribution in [1.82, 2.24) is 4.90 Å². The second-order valence-electron chi connectivity index (χ2n) is 7.09. The Morgan fingerprint density at radius 2 is 1.48 bits per heavy atom. The highest BCUT2D eigenvalue weighted by molar-refractivity contribution is 5.68. The number of rotatable bonds is 15. The van der Waals surface area contributed by atoms with E-state index in [2.05, 4.69) is 6.92 Å². The zero-order valence-corrected chi connectivity index (χ0v) is 17.0. The number of ether oxygens (including phenoxy) is 1. The Balaban J connectivity index is 4.54. The predicted molar refractivity (Wildman–Crippen MR) is 102 cm³/mol. The number of carbonyl (C=O) groups excluding carboxylic acids is 1. The molecule has 0 fully saturated rings. The van der Waals surface area contributed by atoms with Crippen LogP contribution in [-0.2, 0) is 4.74 Å². The average molecular weight is 394 g/mol. The van der Waals surface area contributed by atoms with E-state index in [1.807, 2.05) is 6.92 Å². The third kappa shape index (κ3) is 10.3. The van der Waals surface area contributed by atoms with Gasteiger partial charge in [-0.3, -0.25) is 0 Å². The number of aliphatic hydroxyl groups excluding tert-OH is 5. The molecule has 1 unspecified atom stereocenters. The Morgan fingerprint density at radius 1 is 0.926 bits per heavy atom. The van der Waals surface area contributed by atoms with Gasteiger partial charge in [0.2, 0.25) is 0 Å². The molecule has 5 atom stereocenters. The van der Waals surface area contributed by atoms with E-state index in [-0.39, 0.29) is 12.6 Å². The molecule has 0 spiro atoms. The van der Waals surface area contributed by atoms with Crippen LogP contribution in [0.5, 0.6) is 0 Å². The molecule has 0 rings (SSSR count). The lowest BCUT2D eigenvalue weighted by molar-refractivity contribution is -0.119. The quantitative estimate of drug-likeness (QED) is 0.263. The molecule has 27 heavy (non-hydrogen) atoms. The summed E-state index contributed by atoms with van der Waals surface area (Å²) in [5.41, 5.74) is 0. The van der Waals surface area contributed by atoms with Gasteiger partial charge < -0.3 is 35.2 Å². The lowest BCUT2D eigenvalue weighted by Crippen LogP contribution is -2.52. The minimum absolute atomic E-state index is 0.233. The summed E-state index contributed by atoms with van der Waals surface area (Å²) in [5, 5.41) is 48.0. The van der Waals surface area contributed by atoms with Crippen LogP contribution in [0.25, 0.3) is 0 Å². The van der Waals surface area contributed by atoms with E-state index in [9.17, 15) is 25.2 Å². The summed E-state index contributed by atoms with van der Waals surface area (Å²) >= 11 is 0. The number of hydrogen-bond acceptors (Lipinski definition) is 7. The SMILES string of the molecule is CCCCCCCCOC(=O)N(C[C@H](O)[C@@H](O)[C@H](O)[C@H](O)CO)C(C)CC. The summed E-state index contributed by atoms with van der Waals surface area (Å²) in [5.74, 6) is 0. The Morgan fingerprint density at radius 3 is 2.04 bits per heavy atom. The van der Waals surface area contributed by atoms with E-state index in [1.165, 1.54) is 24.2 Å². The normalized spacial score (nSPS) is 17.0. The van der Waals surface area contributed by atoms with Crippen molar-refractivity contribution in [3.8, 4) is 0 Å². The summed E-state index contributed by atoms with van der Waals surface area (Å²) in [6.45, 7) is 5.12. The van der Waals surface area contributed by atoms with Gasteiger partial charge in [-0.15, -0.1) is 0 Å². The van der Waals surface area contributed by atoms with Crippen molar-refractivity contribution in [3.05, 3.63) is 0 Å². The molecular formula is C19H39NO7. The van der Waals surface area contributed by atoms with Crippen LogP contribution in [0.2, 0.25) is 0 Å². The van der Waals surface area contributed by atoms with E-state index in [4.69, 9.17) is 9.84 Å². The fourth-order valence-corrected chi connectivity index (χ4v) is 2.65. The largest absolute Gasteiger partial charge is 0.449 e. The summed E-state index contributed by atoms with van der Waals surface area (Å²) in [7, 11) is 0. The van der Waals surface area contributed by atoms with Gasteiger partial charge in [0.25, 0.3) is 0 Å². The Hall–Kier alpha value is -0.930. The Bertz CT molecular complexity index is 383. The van der Waals surface area contributed by atoms with E-state index < -0.39 is 37.1 Å². The maximum atomic E-state index is 12.4. The number of aliphatic hydroxyl groups is 5. The van der Waals surface area contributed by atoms with Gasteiger partial charge in [-0.25, -0.2) is 4.79 Å². The lowest BCUT2D eigenvalue weighted by Gasteiger charge is -2.33. The Kier molecular flexibility index (Phi) is 14.5. The highest BCUT2D eigenvalue weighted by atomic mass is 16.6. The molecule has 1 amide bonds. The molecule has 0 aromatic carbocycles. The molecule has 0 aliphatic carbocycles. The number of carbonyl (C=O) groups is 1. The van der Waals surface area contributed by atoms with Gasteiger partial charge in [-0.05, 0) is 19.8 Å². The second kappa shape index (κ2) is 15.0. The number of nitrogens with zero attached hydrogens (tertiary/aromatic N) is 1. The molecule has 0 saturated heterocycles. The zero-order chi connectivity index (χ0) is 20.8. The van der Waals surface area contributed by atoms with Gasteiger partial charge in [0.15, 0.2) is 0 Å². The predicted octanol–water partition coefficient (Wildman–Crippen LogP) is 1.02. The summed E-state index contributed by atoms with van der Waals surface area (Å²) in [4.78, 5) is 13.7. The zero-order valence-electron chi connectivity index (χ0n) is 17.0. The van der Waals surface area contributed by atoms with Crippen molar-refractivity contribution in [2.75, 3.05) is 19.8 Å². The molecule has 8 nitrogen and oxygen atoms in total. The lowest BCUT2D eigenvalue weighted by atomic mass is 10.0. The Labute approximate surface area is 162 Å². The molecule has 0 radical (unpaired) electrons. The van der Waals surface area contributed by atoms with Crippen molar-refractivity contribution in [3.63, 3.8) is 0 Å². The molecule has 162 valence electrons. The van der Waals surface area contributed by atoms with Crippen molar-refractivity contribution in [2.45, 2.75) is 96.2 Å². The van der Waals surface area contributed by atoms with Crippen molar-refractivity contribution in [2.24, 2.45) is 0 Å². The van der Waals surface area contributed by atoms with Crippen LogP contribution >= 0.6 is 0 Å². The van der Waals surface area contributed by atoms with Crippen LogP contribution in [-0.4, -0.2) is 86.7 Å². The maximum Gasteiger partial charge on any atom is 0.410 e. The minimum atomic E-state index is -1.72. The molecule has 0 saturated carbocycles. The molecular weight excluding hydrogens is 354 g/mol. The van der Waals surface area contributed by atoms with Crippen molar-refractivity contribution < 1.29 is 35.1 Å². The minimum Gasteiger partial charge on any atom is -0.449 e. The monoisotopic (exact) mass is 393 g/mol. The van der Waals surface area contributed by atoms with Crippen LogP contribution < -0.4 is 0 Å². The van der Waals surface area contributed by atoms with Crippen LogP contribution in [0.3, 0.4) is 0 Å². The van der Waals surface area contributed by atoms with Gasteiger partial charge in [0.05, 0.1) is 19.8 Å². The maximum absolute atomic E-state index is 12.4. The van der Waals surface area contributed by atoms with Crippen LogP contribution in [0.15, 0.2) is 0 Å². The average Bonchev–Trinajstić information content (AvgIpc) is 2.68. The van der Waals surface area contributed by atoms with Crippen LogP contribution in [0, 0.1) is 0 Å². The molecule has 5 N–H and O–H groups in total. The van der Waals surface area contributed by atoms with Gasteiger partial charge in [0, 0.05) is 6.04 Å². The molecule has 0 aromatic rings. The van der Waals surface area contributed by atoms with Crippen molar-refractivity contribution >= 4 is 6.09 Å². The standard InChI is InChI=1S/C19H39NO7/c1-4-6-7-8-9-10-11-27-19(26)20(14(3)5-2)12-15(22)17(24)18(25)16(23)13-21/h14-18,21-25H,4-13H2,1-3H3/t14?,15-,16+,17+,18+/m0/s1. The molecule has 8 heteroatoms. The van der Waals surface area contributed by atoms with E-state index in [0.29, 0.717) is 13.0 Å². The van der Waals surface area contributed by atoms with E-state index in [1.54, 1.807) is 6.92 Å². The van der Waals surface area contributed by atoms with Gasteiger partial charge in [-0.1, -0.05) is 46.0 Å². The molecule has 0 aromatic heterocycles. The smallest absolute Gasteiger partial charge is 0.410 e. The van der Waals surface area contributed by atoms with Gasteiger partial charge in [0.1, 0.15) is 24.4 Å². The number of amides is 1. The third-order valence-corrected chi connectivity index (χ3v) is 4.79. The summed E-state index contributed by atoms with van der Waals surface area (Å²) in [6.07, 6.45) is -0.0182. The molecule has 0 heterocycles. The summed E-state index contributed by atoms with van der Waals surface area (Å²) in [6, 6.07) is -0.233. The van der Waals surface area contributed by atoms with Gasteiger partial charge >= 0.3 is 6.09 Å². The van der Waals surface area contributed by atoms with Gasteiger partial charge in [-0.2, -0.15) is 0 Å². The number of unbranched alkanes of at least 4 members (excludes halogenated alkanes) is 5. The van der Waals surface area contributed by atoms with Crippen LogP contribution in [0.1, 0.15) is 65.7 Å². The first-order valence-electron chi connectivity index (χ1n) is 10.1. The highest BCUT2D eigenvalue weighted by Gasteiger charge is 2.33. The first kappa shape index (κ1) is 26.1. The first-order chi connectivity index (χ1) is 12.8. The van der Waals surface area contributed by atoms with E-state index >= 15 is 0 Å². The topological polar surface area (TPSA) is 131 Å². The molecule has 0 aliphatic heterocycles. The third-order valence-electron chi connectivity index (χ3n) is 4.79.